The van der Waals surface area contributed by atoms with Gasteiger partial charge in [-0.1, -0.05) is 13.8 Å². The van der Waals surface area contributed by atoms with Gasteiger partial charge in [0.15, 0.2) is 0 Å². The maximum absolute atomic E-state index is 10.0. The molecule has 0 heterocycles. The quantitative estimate of drug-likeness (QED) is 0.630. The van der Waals surface area contributed by atoms with Gasteiger partial charge in [-0.05, 0) is 37.5 Å². The second-order valence-electron chi connectivity index (χ2n) is 4.95. The molecule has 0 amide bonds. The summed E-state index contributed by atoms with van der Waals surface area (Å²) < 4.78 is 0. The third kappa shape index (κ3) is 1.64. The number of hydrogen-bond acceptors (Lipinski definition) is 2. The third-order valence-electron chi connectivity index (χ3n) is 3.55. The lowest BCUT2D eigenvalue weighted by Crippen LogP contribution is -2.47. The van der Waals surface area contributed by atoms with E-state index >= 15 is 0 Å². The number of hydrogen-bond donors (Lipinski definition) is 2. The zero-order valence-electron chi connectivity index (χ0n) is 8.30. The summed E-state index contributed by atoms with van der Waals surface area (Å²) in [5.41, 5.74) is -0.614. The predicted molar refractivity (Wildman–Crippen MR) is 48.8 cm³/mol. The minimum absolute atomic E-state index is 0.0569. The van der Waals surface area contributed by atoms with Crippen LogP contribution in [-0.2, 0) is 0 Å². The van der Waals surface area contributed by atoms with Gasteiger partial charge in [0.25, 0.3) is 0 Å². The highest BCUT2D eigenvalue weighted by molar-refractivity contribution is 4.95. The molecule has 1 saturated carbocycles. The summed E-state index contributed by atoms with van der Waals surface area (Å²) in [6.07, 6.45) is 2.69. The zero-order valence-corrected chi connectivity index (χ0v) is 8.30. The maximum atomic E-state index is 10.0. The van der Waals surface area contributed by atoms with Crippen molar-refractivity contribution in [2.24, 2.45) is 11.3 Å². The van der Waals surface area contributed by atoms with E-state index in [1.54, 1.807) is 0 Å². The van der Waals surface area contributed by atoms with Crippen LogP contribution < -0.4 is 0 Å². The average Bonchev–Trinajstić information content (AvgIpc) is 1.95. The van der Waals surface area contributed by atoms with Crippen LogP contribution in [0.25, 0.3) is 0 Å². The first-order valence-electron chi connectivity index (χ1n) is 4.72. The van der Waals surface area contributed by atoms with Gasteiger partial charge < -0.3 is 10.2 Å². The van der Waals surface area contributed by atoms with Crippen molar-refractivity contribution in [3.8, 4) is 0 Å². The molecule has 12 heavy (non-hydrogen) atoms. The van der Waals surface area contributed by atoms with Gasteiger partial charge in [-0.25, -0.2) is 0 Å². The van der Waals surface area contributed by atoms with Gasteiger partial charge >= 0.3 is 0 Å². The standard InChI is InChI=1S/C10H20O2/c1-9(2)6-8(7-11)4-5-10(9,3)12/h8,11-12H,4-7H2,1-3H3. The molecule has 0 aromatic carbocycles. The molecule has 0 spiro atoms. The van der Waals surface area contributed by atoms with Crippen LogP contribution in [0.15, 0.2) is 0 Å². The highest BCUT2D eigenvalue weighted by atomic mass is 16.3. The number of aliphatic hydroxyl groups is 2. The highest BCUT2D eigenvalue weighted by Crippen LogP contribution is 2.45. The molecular formula is C10H20O2. The SMILES string of the molecule is CC1(C)CC(CO)CCC1(C)O. The fraction of sp³-hybridized carbons (Fsp3) is 1.00. The summed E-state index contributed by atoms with van der Waals surface area (Å²) in [5, 5.41) is 19.0. The molecule has 2 atom stereocenters. The minimum atomic E-state index is -0.557. The Morgan fingerprint density at radius 2 is 1.92 bits per heavy atom. The summed E-state index contributed by atoms with van der Waals surface area (Å²) in [7, 11) is 0. The first-order valence-corrected chi connectivity index (χ1v) is 4.72. The highest BCUT2D eigenvalue weighted by Gasteiger charge is 2.44. The Kier molecular flexibility index (Phi) is 2.50. The van der Waals surface area contributed by atoms with Crippen molar-refractivity contribution in [1.82, 2.24) is 0 Å². The molecule has 1 aliphatic rings. The monoisotopic (exact) mass is 172 g/mol. The minimum Gasteiger partial charge on any atom is -0.396 e. The van der Waals surface area contributed by atoms with Gasteiger partial charge in [0.1, 0.15) is 0 Å². The van der Waals surface area contributed by atoms with E-state index in [2.05, 4.69) is 13.8 Å². The Morgan fingerprint density at radius 3 is 2.33 bits per heavy atom. The van der Waals surface area contributed by atoms with Crippen LogP contribution in [0.2, 0.25) is 0 Å². The van der Waals surface area contributed by atoms with Crippen LogP contribution in [-0.4, -0.2) is 22.4 Å². The van der Waals surface area contributed by atoms with E-state index in [1.165, 1.54) is 0 Å². The van der Waals surface area contributed by atoms with E-state index < -0.39 is 5.60 Å². The van der Waals surface area contributed by atoms with Gasteiger partial charge in [-0.3, -0.25) is 0 Å². The molecule has 0 bridgehead atoms. The van der Waals surface area contributed by atoms with Crippen LogP contribution >= 0.6 is 0 Å². The molecule has 1 rings (SSSR count). The van der Waals surface area contributed by atoms with Crippen molar-refractivity contribution in [3.05, 3.63) is 0 Å². The second kappa shape index (κ2) is 3.00. The van der Waals surface area contributed by atoms with E-state index in [0.29, 0.717) is 5.92 Å². The normalized spacial score (nSPS) is 41.2. The first kappa shape index (κ1) is 10.0. The molecule has 72 valence electrons. The smallest absolute Gasteiger partial charge is 0.0670 e. The Hall–Kier alpha value is -0.0800. The zero-order chi connectivity index (χ0) is 9.41. The van der Waals surface area contributed by atoms with Crippen molar-refractivity contribution >= 4 is 0 Å². The van der Waals surface area contributed by atoms with Gasteiger partial charge in [0.2, 0.25) is 0 Å². The Bertz CT molecular complexity index is 161. The molecule has 0 aliphatic heterocycles. The summed E-state index contributed by atoms with van der Waals surface area (Å²) in [5.74, 6) is 0.389. The lowest BCUT2D eigenvalue weighted by atomic mass is 9.63. The lowest BCUT2D eigenvalue weighted by molar-refractivity contribution is -0.101. The van der Waals surface area contributed by atoms with Crippen LogP contribution in [0.4, 0.5) is 0 Å². The van der Waals surface area contributed by atoms with Gasteiger partial charge in [0, 0.05) is 6.61 Å². The van der Waals surface area contributed by atoms with E-state index in [1.807, 2.05) is 6.92 Å². The van der Waals surface area contributed by atoms with Crippen LogP contribution in [0.1, 0.15) is 40.0 Å². The summed E-state index contributed by atoms with van der Waals surface area (Å²) in [6, 6.07) is 0. The van der Waals surface area contributed by atoms with E-state index in [0.717, 1.165) is 19.3 Å². The molecular weight excluding hydrogens is 152 g/mol. The van der Waals surface area contributed by atoms with Crippen molar-refractivity contribution < 1.29 is 10.2 Å². The predicted octanol–water partition coefficient (Wildman–Crippen LogP) is 1.56. The Labute approximate surface area is 74.6 Å². The van der Waals surface area contributed by atoms with Crippen molar-refractivity contribution in [2.45, 2.75) is 45.6 Å². The van der Waals surface area contributed by atoms with Crippen molar-refractivity contribution in [3.63, 3.8) is 0 Å². The fourth-order valence-electron chi connectivity index (χ4n) is 2.02. The molecule has 2 nitrogen and oxygen atoms in total. The molecule has 0 aromatic rings. The van der Waals surface area contributed by atoms with Crippen LogP contribution in [0.3, 0.4) is 0 Å². The summed E-state index contributed by atoms with van der Waals surface area (Å²) in [4.78, 5) is 0. The molecule has 1 aliphatic carbocycles. The first-order chi connectivity index (χ1) is 5.39. The van der Waals surface area contributed by atoms with E-state index in [4.69, 9.17) is 5.11 Å². The largest absolute Gasteiger partial charge is 0.396 e. The van der Waals surface area contributed by atoms with Crippen molar-refractivity contribution in [2.75, 3.05) is 6.61 Å². The molecule has 2 heteroatoms. The van der Waals surface area contributed by atoms with Crippen molar-refractivity contribution in [1.29, 1.82) is 0 Å². The molecule has 2 N–H and O–H groups in total. The van der Waals surface area contributed by atoms with Crippen LogP contribution in [0, 0.1) is 11.3 Å². The maximum Gasteiger partial charge on any atom is 0.0670 e. The van der Waals surface area contributed by atoms with Gasteiger partial charge in [-0.15, -0.1) is 0 Å². The van der Waals surface area contributed by atoms with Gasteiger partial charge in [0.05, 0.1) is 5.60 Å². The number of aliphatic hydroxyl groups excluding tert-OH is 1. The van der Waals surface area contributed by atoms with Gasteiger partial charge in [-0.2, -0.15) is 0 Å². The average molecular weight is 172 g/mol. The lowest BCUT2D eigenvalue weighted by Gasteiger charge is -2.46. The Morgan fingerprint density at radius 1 is 1.33 bits per heavy atom. The summed E-state index contributed by atoms with van der Waals surface area (Å²) >= 11 is 0. The van der Waals surface area contributed by atoms with Crippen LogP contribution in [0.5, 0.6) is 0 Å². The summed E-state index contributed by atoms with van der Waals surface area (Å²) in [6.45, 7) is 6.32. The molecule has 0 radical (unpaired) electrons. The van der Waals surface area contributed by atoms with E-state index in [9.17, 15) is 5.11 Å². The second-order valence-corrected chi connectivity index (χ2v) is 4.95. The fourth-order valence-corrected chi connectivity index (χ4v) is 2.02. The number of rotatable bonds is 1. The molecule has 2 unspecified atom stereocenters. The molecule has 0 aromatic heterocycles. The molecule has 0 saturated heterocycles. The van der Waals surface area contributed by atoms with E-state index in [-0.39, 0.29) is 12.0 Å². The Balaban J connectivity index is 2.68. The molecule has 1 fully saturated rings. The topological polar surface area (TPSA) is 40.5 Å². The third-order valence-corrected chi connectivity index (χ3v) is 3.55.